The summed E-state index contributed by atoms with van der Waals surface area (Å²) in [5.74, 6) is 0. The van der Waals surface area contributed by atoms with Crippen molar-refractivity contribution in [3.8, 4) is 0 Å². The average Bonchev–Trinajstić information content (AvgIpc) is 2.59. The van der Waals surface area contributed by atoms with Gasteiger partial charge in [-0.3, -0.25) is 0 Å². The van der Waals surface area contributed by atoms with Crippen LogP contribution in [-0.4, -0.2) is 5.33 Å². The lowest BCUT2D eigenvalue weighted by atomic mass is 10.1. The third-order valence-electron chi connectivity index (χ3n) is 3.63. The van der Waals surface area contributed by atoms with Gasteiger partial charge in [0.15, 0.2) is 0 Å². The first-order valence-electron chi connectivity index (χ1n) is 7.44. The quantitative estimate of drug-likeness (QED) is 0.502. The van der Waals surface area contributed by atoms with Gasteiger partial charge in [0, 0.05) is 22.4 Å². The van der Waals surface area contributed by atoms with Gasteiger partial charge in [-0.05, 0) is 42.3 Å². The molecule has 0 atom stereocenters. The molecule has 0 aromatic heterocycles. The Morgan fingerprint density at radius 2 is 1.14 bits per heavy atom. The van der Waals surface area contributed by atoms with Gasteiger partial charge in [-0.25, -0.2) is 0 Å². The van der Waals surface area contributed by atoms with Crippen LogP contribution in [0.1, 0.15) is 5.56 Å². The summed E-state index contributed by atoms with van der Waals surface area (Å²) in [6.45, 7) is 0. The fourth-order valence-electron chi connectivity index (χ4n) is 2.62. The number of rotatable bonds is 5. The van der Waals surface area contributed by atoms with Crippen molar-refractivity contribution >= 4 is 33.0 Å². The lowest BCUT2D eigenvalue weighted by Crippen LogP contribution is -2.12. The monoisotopic (exact) mass is 351 g/mol. The maximum Gasteiger partial charge on any atom is 0.0493 e. The SMILES string of the molecule is BrCCc1ccccc1N(c1ccccc1)c1ccccc1. The van der Waals surface area contributed by atoms with Crippen LogP contribution in [-0.2, 0) is 6.42 Å². The molecule has 0 saturated heterocycles. The second-order valence-electron chi connectivity index (χ2n) is 5.07. The standard InChI is InChI=1S/C20H18BrN/c21-16-15-17-9-7-8-14-20(17)22(18-10-3-1-4-11-18)19-12-5-2-6-13-19/h1-14H,15-16H2. The molecule has 110 valence electrons. The number of hydrogen-bond acceptors (Lipinski definition) is 1. The van der Waals surface area contributed by atoms with Crippen molar-refractivity contribution in [3.05, 3.63) is 90.5 Å². The molecule has 0 aliphatic heterocycles. The fraction of sp³-hybridized carbons (Fsp3) is 0.100. The Hall–Kier alpha value is -2.06. The Bertz CT molecular complexity index is 671. The fourth-order valence-corrected chi connectivity index (χ4v) is 3.05. The van der Waals surface area contributed by atoms with Crippen molar-refractivity contribution in [2.75, 3.05) is 10.2 Å². The predicted molar refractivity (Wildman–Crippen MR) is 98.6 cm³/mol. The van der Waals surface area contributed by atoms with E-state index in [9.17, 15) is 0 Å². The highest BCUT2D eigenvalue weighted by Gasteiger charge is 2.14. The Kier molecular flexibility index (Phi) is 4.92. The number of anilines is 3. The van der Waals surface area contributed by atoms with Crippen molar-refractivity contribution in [1.29, 1.82) is 0 Å². The lowest BCUT2D eigenvalue weighted by molar-refractivity contribution is 1.14. The first-order valence-corrected chi connectivity index (χ1v) is 8.56. The summed E-state index contributed by atoms with van der Waals surface area (Å²) in [5.41, 5.74) is 4.93. The molecule has 3 rings (SSSR count). The zero-order valence-corrected chi connectivity index (χ0v) is 13.9. The molecule has 0 unspecified atom stereocenters. The number of halogens is 1. The van der Waals surface area contributed by atoms with E-state index in [4.69, 9.17) is 0 Å². The molecule has 0 saturated carbocycles. The van der Waals surface area contributed by atoms with Crippen LogP contribution in [0.2, 0.25) is 0 Å². The number of benzene rings is 3. The van der Waals surface area contributed by atoms with Gasteiger partial charge in [0.05, 0.1) is 0 Å². The summed E-state index contributed by atoms with van der Waals surface area (Å²) in [5, 5.41) is 0.960. The first-order chi connectivity index (χ1) is 10.9. The molecular formula is C20H18BrN. The number of hydrogen-bond donors (Lipinski definition) is 0. The molecule has 0 aliphatic carbocycles. The van der Waals surface area contributed by atoms with Crippen LogP contribution in [0.25, 0.3) is 0 Å². The third kappa shape index (κ3) is 3.23. The van der Waals surface area contributed by atoms with E-state index < -0.39 is 0 Å². The van der Waals surface area contributed by atoms with Crippen molar-refractivity contribution in [1.82, 2.24) is 0 Å². The molecule has 3 aromatic rings. The van der Waals surface area contributed by atoms with Gasteiger partial charge in [-0.1, -0.05) is 70.5 Å². The van der Waals surface area contributed by atoms with E-state index in [1.165, 1.54) is 22.6 Å². The molecule has 22 heavy (non-hydrogen) atoms. The molecule has 0 bridgehead atoms. The normalized spacial score (nSPS) is 10.4. The summed E-state index contributed by atoms with van der Waals surface area (Å²) < 4.78 is 0. The molecule has 0 spiro atoms. The third-order valence-corrected chi connectivity index (χ3v) is 4.02. The lowest BCUT2D eigenvalue weighted by Gasteiger charge is -2.27. The van der Waals surface area contributed by atoms with Crippen LogP contribution >= 0.6 is 15.9 Å². The van der Waals surface area contributed by atoms with E-state index in [-0.39, 0.29) is 0 Å². The summed E-state index contributed by atoms with van der Waals surface area (Å²) in [6.07, 6.45) is 1.01. The van der Waals surface area contributed by atoms with E-state index in [0.29, 0.717) is 0 Å². The zero-order chi connectivity index (χ0) is 15.2. The molecule has 0 N–H and O–H groups in total. The van der Waals surface area contributed by atoms with E-state index in [1.54, 1.807) is 0 Å². The van der Waals surface area contributed by atoms with Crippen LogP contribution in [0.3, 0.4) is 0 Å². The van der Waals surface area contributed by atoms with Crippen LogP contribution in [0.5, 0.6) is 0 Å². The summed E-state index contributed by atoms with van der Waals surface area (Å²) in [6, 6.07) is 29.6. The van der Waals surface area contributed by atoms with E-state index in [2.05, 4.69) is 106 Å². The second-order valence-corrected chi connectivity index (χ2v) is 5.87. The number of aryl methyl sites for hydroxylation is 1. The van der Waals surface area contributed by atoms with Gasteiger partial charge in [-0.15, -0.1) is 0 Å². The van der Waals surface area contributed by atoms with Gasteiger partial charge in [-0.2, -0.15) is 0 Å². The van der Waals surface area contributed by atoms with Crippen LogP contribution in [0.4, 0.5) is 17.1 Å². The van der Waals surface area contributed by atoms with Crippen LogP contribution in [0.15, 0.2) is 84.9 Å². The average molecular weight is 352 g/mol. The highest BCUT2D eigenvalue weighted by atomic mass is 79.9. The van der Waals surface area contributed by atoms with Gasteiger partial charge in [0.1, 0.15) is 0 Å². The topological polar surface area (TPSA) is 3.24 Å². The largest absolute Gasteiger partial charge is 0.310 e. The predicted octanol–water partition coefficient (Wildman–Crippen LogP) is 6.09. The highest BCUT2D eigenvalue weighted by Crippen LogP contribution is 2.36. The summed E-state index contributed by atoms with van der Waals surface area (Å²) in [7, 11) is 0. The van der Waals surface area contributed by atoms with Crippen LogP contribution < -0.4 is 4.90 Å². The van der Waals surface area contributed by atoms with Gasteiger partial charge < -0.3 is 4.90 Å². The van der Waals surface area contributed by atoms with Gasteiger partial charge >= 0.3 is 0 Å². The zero-order valence-electron chi connectivity index (χ0n) is 12.3. The molecule has 3 aromatic carbocycles. The molecule has 2 heteroatoms. The first kappa shape index (κ1) is 14.9. The maximum absolute atomic E-state index is 3.56. The van der Waals surface area contributed by atoms with Crippen molar-refractivity contribution < 1.29 is 0 Å². The van der Waals surface area contributed by atoms with Gasteiger partial charge in [0.2, 0.25) is 0 Å². The molecule has 0 heterocycles. The summed E-state index contributed by atoms with van der Waals surface area (Å²) in [4.78, 5) is 2.32. The minimum Gasteiger partial charge on any atom is -0.310 e. The number of para-hydroxylation sites is 3. The molecule has 1 nitrogen and oxygen atoms in total. The maximum atomic E-state index is 3.56. The molecule has 0 fully saturated rings. The molecule has 0 aliphatic rings. The highest BCUT2D eigenvalue weighted by molar-refractivity contribution is 9.09. The smallest absolute Gasteiger partial charge is 0.0493 e. The van der Waals surface area contributed by atoms with Crippen molar-refractivity contribution in [3.63, 3.8) is 0 Å². The minimum absolute atomic E-state index is 0.960. The summed E-state index contributed by atoms with van der Waals surface area (Å²) >= 11 is 3.56. The molecule has 0 amide bonds. The Morgan fingerprint density at radius 3 is 1.68 bits per heavy atom. The van der Waals surface area contributed by atoms with E-state index in [0.717, 1.165) is 11.8 Å². The van der Waals surface area contributed by atoms with E-state index >= 15 is 0 Å². The van der Waals surface area contributed by atoms with Crippen LogP contribution in [0, 0.1) is 0 Å². The van der Waals surface area contributed by atoms with Gasteiger partial charge in [0.25, 0.3) is 0 Å². The van der Waals surface area contributed by atoms with Crippen molar-refractivity contribution in [2.45, 2.75) is 6.42 Å². The Morgan fingerprint density at radius 1 is 0.636 bits per heavy atom. The minimum atomic E-state index is 0.960. The number of alkyl halides is 1. The Balaban J connectivity index is 2.15. The number of nitrogens with zero attached hydrogens (tertiary/aromatic N) is 1. The van der Waals surface area contributed by atoms with E-state index in [1.807, 2.05) is 0 Å². The van der Waals surface area contributed by atoms with Crippen molar-refractivity contribution in [2.24, 2.45) is 0 Å². The molecular weight excluding hydrogens is 334 g/mol. The second kappa shape index (κ2) is 7.28. The Labute approximate surface area is 140 Å². The molecule has 0 radical (unpaired) electrons.